The molecule has 0 spiro atoms. The Balaban J connectivity index is 2.23. The lowest BCUT2D eigenvalue weighted by atomic mass is 10.3. The van der Waals surface area contributed by atoms with Gasteiger partial charge >= 0.3 is 0 Å². The number of amides is 1. The molecule has 3 N–H and O–H groups in total. The fraction of sp³-hybridized carbons (Fsp3) is 0.308. The number of hydrogen-bond donors (Lipinski definition) is 2. The van der Waals surface area contributed by atoms with E-state index >= 15 is 0 Å². The van der Waals surface area contributed by atoms with Crippen LogP contribution < -0.4 is 15.8 Å². The molecule has 1 aromatic carbocycles. The van der Waals surface area contributed by atoms with Crippen LogP contribution in [0.15, 0.2) is 24.3 Å². The molecular formula is C13H16N2O2. The zero-order chi connectivity index (χ0) is 12.5. The third-order valence-electron chi connectivity index (χ3n) is 2.01. The molecule has 1 rings (SSSR count). The van der Waals surface area contributed by atoms with Crippen LogP contribution in [0.3, 0.4) is 0 Å². The molecule has 0 atom stereocenters. The molecule has 0 aromatic heterocycles. The van der Waals surface area contributed by atoms with Gasteiger partial charge in [0.1, 0.15) is 5.75 Å². The van der Waals surface area contributed by atoms with Gasteiger partial charge in [-0.05, 0) is 19.1 Å². The monoisotopic (exact) mass is 232 g/mol. The summed E-state index contributed by atoms with van der Waals surface area (Å²) >= 11 is 0. The minimum atomic E-state index is -0.0725. The second-order valence-corrected chi connectivity index (χ2v) is 3.37. The summed E-state index contributed by atoms with van der Waals surface area (Å²) in [4.78, 5) is 11.3. The first-order valence-corrected chi connectivity index (χ1v) is 5.37. The Kier molecular flexibility index (Phi) is 5.45. The van der Waals surface area contributed by atoms with E-state index in [0.29, 0.717) is 31.0 Å². The molecule has 0 radical (unpaired) electrons. The first kappa shape index (κ1) is 12.9. The van der Waals surface area contributed by atoms with Crippen molar-refractivity contribution in [2.45, 2.75) is 13.3 Å². The number of carbonyl (C=O) groups is 1. The molecule has 0 unspecified atom stereocenters. The average molecular weight is 232 g/mol. The fourth-order valence-corrected chi connectivity index (χ4v) is 1.19. The van der Waals surface area contributed by atoms with Crippen molar-refractivity contribution in [3.8, 4) is 17.6 Å². The number of nitrogens with one attached hydrogen (secondary N) is 1. The van der Waals surface area contributed by atoms with Crippen molar-refractivity contribution in [2.75, 3.05) is 18.9 Å². The van der Waals surface area contributed by atoms with Gasteiger partial charge < -0.3 is 15.8 Å². The molecule has 0 aliphatic rings. The SMILES string of the molecule is CC#CCNC(=O)CCOc1cccc(N)c1. The zero-order valence-corrected chi connectivity index (χ0v) is 9.82. The van der Waals surface area contributed by atoms with Gasteiger partial charge in [0, 0.05) is 11.8 Å². The minimum Gasteiger partial charge on any atom is -0.493 e. The maximum atomic E-state index is 11.3. The molecule has 0 saturated heterocycles. The Morgan fingerprint density at radius 2 is 2.35 bits per heavy atom. The van der Waals surface area contributed by atoms with E-state index in [1.807, 2.05) is 6.07 Å². The molecule has 17 heavy (non-hydrogen) atoms. The molecule has 1 aromatic rings. The summed E-state index contributed by atoms with van der Waals surface area (Å²) in [5, 5.41) is 2.66. The quantitative estimate of drug-likeness (QED) is 0.592. The van der Waals surface area contributed by atoms with Gasteiger partial charge in [0.2, 0.25) is 5.91 Å². The van der Waals surface area contributed by atoms with Crippen molar-refractivity contribution in [1.29, 1.82) is 0 Å². The lowest BCUT2D eigenvalue weighted by Gasteiger charge is -2.06. The van der Waals surface area contributed by atoms with Crippen molar-refractivity contribution >= 4 is 11.6 Å². The molecule has 0 aliphatic carbocycles. The van der Waals surface area contributed by atoms with Gasteiger partial charge in [0.25, 0.3) is 0 Å². The van der Waals surface area contributed by atoms with Gasteiger partial charge in [-0.1, -0.05) is 12.0 Å². The maximum Gasteiger partial charge on any atom is 0.224 e. The minimum absolute atomic E-state index is 0.0725. The van der Waals surface area contributed by atoms with Gasteiger partial charge in [-0.25, -0.2) is 0 Å². The lowest BCUT2D eigenvalue weighted by Crippen LogP contribution is -2.25. The lowest BCUT2D eigenvalue weighted by molar-refractivity contribution is -0.121. The average Bonchev–Trinajstić information content (AvgIpc) is 2.29. The second-order valence-electron chi connectivity index (χ2n) is 3.37. The Hall–Kier alpha value is -2.15. The number of anilines is 1. The van der Waals surface area contributed by atoms with Crippen LogP contribution in [0.1, 0.15) is 13.3 Å². The van der Waals surface area contributed by atoms with E-state index in [-0.39, 0.29) is 5.91 Å². The van der Waals surface area contributed by atoms with Gasteiger partial charge in [-0.2, -0.15) is 0 Å². The summed E-state index contributed by atoms with van der Waals surface area (Å²) in [6.07, 6.45) is 0.306. The third-order valence-corrected chi connectivity index (χ3v) is 2.01. The third kappa shape index (κ3) is 5.47. The summed E-state index contributed by atoms with van der Waals surface area (Å²) in [5.41, 5.74) is 6.24. The molecule has 0 aliphatic heterocycles. The van der Waals surface area contributed by atoms with Crippen LogP contribution in [0.25, 0.3) is 0 Å². The van der Waals surface area contributed by atoms with Gasteiger partial charge in [-0.3, -0.25) is 4.79 Å². The van der Waals surface area contributed by atoms with E-state index in [1.54, 1.807) is 25.1 Å². The molecule has 90 valence electrons. The topological polar surface area (TPSA) is 64.3 Å². The number of hydrogen-bond acceptors (Lipinski definition) is 3. The first-order chi connectivity index (χ1) is 8.22. The Morgan fingerprint density at radius 1 is 1.53 bits per heavy atom. The van der Waals surface area contributed by atoms with E-state index in [4.69, 9.17) is 10.5 Å². The highest BCUT2D eigenvalue weighted by Gasteiger charge is 2.00. The van der Waals surface area contributed by atoms with Crippen molar-refractivity contribution in [2.24, 2.45) is 0 Å². The van der Waals surface area contributed by atoms with Crippen LogP contribution in [-0.4, -0.2) is 19.1 Å². The molecule has 0 saturated carbocycles. The van der Waals surface area contributed by atoms with Crippen LogP contribution in [0.4, 0.5) is 5.69 Å². The number of rotatable bonds is 5. The molecule has 0 bridgehead atoms. The Labute approximate surface area is 101 Å². The van der Waals surface area contributed by atoms with E-state index in [1.165, 1.54) is 0 Å². The predicted molar refractivity (Wildman–Crippen MR) is 67.4 cm³/mol. The van der Waals surface area contributed by atoms with Gasteiger partial charge in [0.15, 0.2) is 0 Å². The van der Waals surface area contributed by atoms with Crippen LogP contribution in [0.5, 0.6) is 5.75 Å². The smallest absolute Gasteiger partial charge is 0.224 e. The first-order valence-electron chi connectivity index (χ1n) is 5.37. The Bertz CT molecular complexity index is 433. The molecule has 1 amide bonds. The number of benzene rings is 1. The normalized spacial score (nSPS) is 9.00. The number of nitrogen functional groups attached to an aromatic ring is 1. The van der Waals surface area contributed by atoms with Crippen molar-refractivity contribution in [3.63, 3.8) is 0 Å². The van der Waals surface area contributed by atoms with Crippen LogP contribution in [0, 0.1) is 11.8 Å². The van der Waals surface area contributed by atoms with Crippen LogP contribution in [0.2, 0.25) is 0 Å². The van der Waals surface area contributed by atoms with Gasteiger partial charge in [0.05, 0.1) is 19.6 Å². The fourth-order valence-electron chi connectivity index (χ4n) is 1.19. The van der Waals surface area contributed by atoms with Crippen LogP contribution in [-0.2, 0) is 4.79 Å². The molecule has 4 nitrogen and oxygen atoms in total. The summed E-state index contributed by atoms with van der Waals surface area (Å²) in [6.45, 7) is 2.44. The standard InChI is InChI=1S/C13H16N2O2/c1-2-3-8-15-13(16)7-9-17-12-6-4-5-11(14)10-12/h4-6,10H,7-9,14H2,1H3,(H,15,16). The summed E-state index contributed by atoms with van der Waals surface area (Å²) in [6, 6.07) is 7.11. The second kappa shape index (κ2) is 7.18. The summed E-state index contributed by atoms with van der Waals surface area (Å²) < 4.78 is 5.39. The molecular weight excluding hydrogens is 216 g/mol. The molecule has 4 heteroatoms. The van der Waals surface area contributed by atoms with Gasteiger partial charge in [-0.15, -0.1) is 5.92 Å². The highest BCUT2D eigenvalue weighted by Crippen LogP contribution is 2.14. The van der Waals surface area contributed by atoms with Crippen molar-refractivity contribution in [1.82, 2.24) is 5.32 Å². The molecule has 0 fully saturated rings. The van der Waals surface area contributed by atoms with Crippen molar-refractivity contribution in [3.05, 3.63) is 24.3 Å². The zero-order valence-electron chi connectivity index (χ0n) is 9.82. The predicted octanol–water partition coefficient (Wildman–Crippen LogP) is 1.18. The van der Waals surface area contributed by atoms with Crippen molar-refractivity contribution < 1.29 is 9.53 Å². The Morgan fingerprint density at radius 3 is 3.06 bits per heavy atom. The van der Waals surface area contributed by atoms with E-state index < -0.39 is 0 Å². The van der Waals surface area contributed by atoms with Crippen LogP contribution >= 0.6 is 0 Å². The highest BCUT2D eigenvalue weighted by molar-refractivity contribution is 5.76. The largest absolute Gasteiger partial charge is 0.493 e. The van der Waals surface area contributed by atoms with E-state index in [2.05, 4.69) is 17.2 Å². The summed E-state index contributed by atoms with van der Waals surface area (Å²) in [5.74, 6) is 6.06. The highest BCUT2D eigenvalue weighted by atomic mass is 16.5. The van der Waals surface area contributed by atoms with E-state index in [0.717, 1.165) is 0 Å². The molecule has 0 heterocycles. The number of nitrogens with two attached hydrogens (primary N) is 1. The number of ether oxygens (including phenoxy) is 1. The summed E-state index contributed by atoms with van der Waals surface area (Å²) in [7, 11) is 0. The maximum absolute atomic E-state index is 11.3. The number of carbonyl (C=O) groups excluding carboxylic acids is 1. The van der Waals surface area contributed by atoms with E-state index in [9.17, 15) is 4.79 Å².